The van der Waals surface area contributed by atoms with Crippen LogP contribution in [0.15, 0.2) is 18.7 Å². The van der Waals surface area contributed by atoms with Crippen molar-refractivity contribution in [3.8, 4) is 0 Å². The highest BCUT2D eigenvalue weighted by molar-refractivity contribution is 5.78. The molecule has 0 saturated carbocycles. The summed E-state index contributed by atoms with van der Waals surface area (Å²) in [5.74, 6) is 0.0418. The number of rotatable bonds is 6. The number of nitrogens with zero attached hydrogens (tertiary/aromatic N) is 2. The van der Waals surface area contributed by atoms with Crippen LogP contribution in [-0.2, 0) is 11.3 Å². The molecular weight excluding hydrogens is 216 g/mol. The smallest absolute Gasteiger partial charge is 0.234 e. The van der Waals surface area contributed by atoms with E-state index in [1.807, 2.05) is 31.5 Å². The Morgan fingerprint density at radius 1 is 1.41 bits per heavy atom. The molecule has 5 heteroatoms. The quantitative estimate of drug-likeness (QED) is 0.720. The van der Waals surface area contributed by atoms with Gasteiger partial charge in [0.1, 0.15) is 0 Å². The molecule has 0 aliphatic carbocycles. The largest absolute Gasteiger partial charge is 0.350 e. The Kier molecular flexibility index (Phi) is 5.15. The molecular formula is C12H22N4O. The molecule has 0 radical (unpaired) electrons. The summed E-state index contributed by atoms with van der Waals surface area (Å²) in [5.41, 5.74) is -0.157. The van der Waals surface area contributed by atoms with Gasteiger partial charge in [-0.2, -0.15) is 0 Å². The van der Waals surface area contributed by atoms with Gasteiger partial charge in [0.25, 0.3) is 0 Å². The minimum atomic E-state index is -0.157. The maximum Gasteiger partial charge on any atom is 0.234 e. The predicted octanol–water partition coefficient (Wildman–Crippen LogP) is 0.777. The summed E-state index contributed by atoms with van der Waals surface area (Å²) in [6.45, 7) is 8.06. The van der Waals surface area contributed by atoms with E-state index in [-0.39, 0.29) is 11.4 Å². The van der Waals surface area contributed by atoms with Crippen LogP contribution in [-0.4, -0.2) is 34.1 Å². The lowest BCUT2D eigenvalue weighted by Gasteiger charge is -2.20. The summed E-state index contributed by atoms with van der Waals surface area (Å²) >= 11 is 0. The van der Waals surface area contributed by atoms with Gasteiger partial charge in [0.2, 0.25) is 5.91 Å². The first-order valence-corrected chi connectivity index (χ1v) is 5.95. The number of aromatic nitrogens is 2. The van der Waals surface area contributed by atoms with Crippen molar-refractivity contribution >= 4 is 5.91 Å². The molecule has 0 unspecified atom stereocenters. The van der Waals surface area contributed by atoms with Crippen molar-refractivity contribution in [3.63, 3.8) is 0 Å². The minimum Gasteiger partial charge on any atom is -0.350 e. The fraction of sp³-hybridized carbons (Fsp3) is 0.667. The van der Waals surface area contributed by atoms with Gasteiger partial charge in [-0.05, 0) is 33.7 Å². The number of carbonyl (C=O) groups excluding carboxylic acids is 1. The summed E-state index contributed by atoms with van der Waals surface area (Å²) in [4.78, 5) is 15.4. The first-order chi connectivity index (χ1) is 7.97. The summed E-state index contributed by atoms with van der Waals surface area (Å²) in [7, 11) is 0. The number of hydrogen-bond acceptors (Lipinski definition) is 3. The van der Waals surface area contributed by atoms with Crippen molar-refractivity contribution in [2.24, 2.45) is 0 Å². The van der Waals surface area contributed by atoms with Crippen LogP contribution in [0.2, 0.25) is 0 Å². The monoisotopic (exact) mass is 238 g/mol. The van der Waals surface area contributed by atoms with Gasteiger partial charge < -0.3 is 15.2 Å². The van der Waals surface area contributed by atoms with E-state index in [4.69, 9.17) is 0 Å². The zero-order valence-corrected chi connectivity index (χ0v) is 10.9. The van der Waals surface area contributed by atoms with E-state index >= 15 is 0 Å². The highest BCUT2D eigenvalue weighted by Crippen LogP contribution is 1.97. The Bertz CT molecular complexity index is 327. The lowest BCUT2D eigenvalue weighted by molar-refractivity contribution is -0.121. The first-order valence-electron chi connectivity index (χ1n) is 5.95. The number of carbonyl (C=O) groups is 1. The zero-order valence-electron chi connectivity index (χ0n) is 10.9. The van der Waals surface area contributed by atoms with E-state index in [0.29, 0.717) is 6.54 Å². The summed E-state index contributed by atoms with van der Waals surface area (Å²) in [6, 6.07) is 0. The van der Waals surface area contributed by atoms with E-state index in [1.165, 1.54) is 0 Å². The van der Waals surface area contributed by atoms with Crippen LogP contribution in [0.3, 0.4) is 0 Å². The SMILES string of the molecule is CC(C)(C)NC(=O)CNCCCn1ccnc1. The third-order valence-electron chi connectivity index (χ3n) is 2.13. The van der Waals surface area contributed by atoms with Gasteiger partial charge in [-0.3, -0.25) is 4.79 Å². The van der Waals surface area contributed by atoms with E-state index in [2.05, 4.69) is 15.6 Å². The fourth-order valence-electron chi connectivity index (χ4n) is 1.47. The van der Waals surface area contributed by atoms with Gasteiger partial charge >= 0.3 is 0 Å². The first kappa shape index (κ1) is 13.7. The van der Waals surface area contributed by atoms with Gasteiger partial charge in [0, 0.05) is 24.5 Å². The minimum absolute atomic E-state index is 0.0418. The van der Waals surface area contributed by atoms with E-state index in [9.17, 15) is 4.79 Å². The molecule has 0 bridgehead atoms. The van der Waals surface area contributed by atoms with E-state index in [0.717, 1.165) is 19.5 Å². The molecule has 0 aliphatic heterocycles. The second kappa shape index (κ2) is 6.39. The molecule has 0 aromatic carbocycles. The second-order valence-electron chi connectivity index (χ2n) is 5.13. The Hall–Kier alpha value is -1.36. The topological polar surface area (TPSA) is 59.0 Å². The molecule has 0 saturated heterocycles. The average molecular weight is 238 g/mol. The molecule has 1 rings (SSSR count). The van der Waals surface area contributed by atoms with Gasteiger partial charge in [0.05, 0.1) is 12.9 Å². The van der Waals surface area contributed by atoms with Gasteiger partial charge in [-0.1, -0.05) is 0 Å². The molecule has 0 fully saturated rings. The molecule has 17 heavy (non-hydrogen) atoms. The van der Waals surface area contributed by atoms with Crippen molar-refractivity contribution in [1.82, 2.24) is 20.2 Å². The van der Waals surface area contributed by atoms with Crippen molar-refractivity contribution in [1.29, 1.82) is 0 Å². The number of aryl methyl sites for hydroxylation is 1. The van der Waals surface area contributed by atoms with Crippen molar-refractivity contribution in [3.05, 3.63) is 18.7 Å². The molecule has 2 N–H and O–H groups in total. The highest BCUT2D eigenvalue weighted by atomic mass is 16.2. The molecule has 5 nitrogen and oxygen atoms in total. The van der Waals surface area contributed by atoms with Crippen LogP contribution in [0.1, 0.15) is 27.2 Å². The highest BCUT2D eigenvalue weighted by Gasteiger charge is 2.12. The number of imidazole rings is 1. The van der Waals surface area contributed by atoms with Crippen LogP contribution < -0.4 is 10.6 Å². The maximum atomic E-state index is 11.5. The molecule has 0 atom stereocenters. The maximum absolute atomic E-state index is 11.5. The van der Waals surface area contributed by atoms with Gasteiger partial charge in [-0.25, -0.2) is 4.98 Å². The normalized spacial score (nSPS) is 11.5. The fourth-order valence-corrected chi connectivity index (χ4v) is 1.47. The Morgan fingerprint density at radius 2 is 2.18 bits per heavy atom. The van der Waals surface area contributed by atoms with Crippen LogP contribution in [0.5, 0.6) is 0 Å². The second-order valence-corrected chi connectivity index (χ2v) is 5.13. The van der Waals surface area contributed by atoms with Gasteiger partial charge in [0.15, 0.2) is 0 Å². The van der Waals surface area contributed by atoms with Crippen molar-refractivity contribution in [2.75, 3.05) is 13.1 Å². The van der Waals surface area contributed by atoms with Crippen LogP contribution in [0, 0.1) is 0 Å². The van der Waals surface area contributed by atoms with Gasteiger partial charge in [-0.15, -0.1) is 0 Å². The van der Waals surface area contributed by atoms with Crippen molar-refractivity contribution < 1.29 is 4.79 Å². The molecule has 1 aromatic rings. The molecule has 1 heterocycles. The third kappa shape index (κ3) is 6.73. The van der Waals surface area contributed by atoms with Crippen LogP contribution in [0.25, 0.3) is 0 Å². The standard InChI is InChI=1S/C12H22N4O/c1-12(2,3)15-11(17)9-13-5-4-7-16-8-6-14-10-16/h6,8,10,13H,4-5,7,9H2,1-3H3,(H,15,17). The summed E-state index contributed by atoms with van der Waals surface area (Å²) in [6.07, 6.45) is 6.49. The van der Waals surface area contributed by atoms with Crippen LogP contribution >= 0.6 is 0 Å². The number of amides is 1. The summed E-state index contributed by atoms with van der Waals surface area (Å²) < 4.78 is 2.02. The molecule has 96 valence electrons. The lowest BCUT2D eigenvalue weighted by Crippen LogP contribution is -2.45. The van der Waals surface area contributed by atoms with E-state index in [1.54, 1.807) is 12.5 Å². The predicted molar refractivity (Wildman–Crippen MR) is 67.6 cm³/mol. The van der Waals surface area contributed by atoms with Crippen molar-refractivity contribution in [2.45, 2.75) is 39.3 Å². The van der Waals surface area contributed by atoms with Crippen LogP contribution in [0.4, 0.5) is 0 Å². The molecule has 0 spiro atoms. The Morgan fingerprint density at radius 3 is 2.76 bits per heavy atom. The number of nitrogens with one attached hydrogen (secondary N) is 2. The molecule has 0 aliphatic rings. The Labute approximate surface area is 103 Å². The number of hydrogen-bond donors (Lipinski definition) is 2. The lowest BCUT2D eigenvalue weighted by atomic mass is 10.1. The molecule has 1 amide bonds. The molecule has 1 aromatic heterocycles. The van der Waals surface area contributed by atoms with E-state index < -0.39 is 0 Å². The zero-order chi connectivity index (χ0) is 12.7. The Balaban J connectivity index is 2.02. The third-order valence-corrected chi connectivity index (χ3v) is 2.13. The summed E-state index contributed by atoms with van der Waals surface area (Å²) in [5, 5.41) is 6.03. The average Bonchev–Trinajstić information content (AvgIpc) is 2.67.